The summed E-state index contributed by atoms with van der Waals surface area (Å²) in [5.41, 5.74) is -5.43. The van der Waals surface area contributed by atoms with Gasteiger partial charge in [-0.25, -0.2) is 4.79 Å². The van der Waals surface area contributed by atoms with Crippen LogP contribution in [-0.4, -0.2) is 101 Å². The molecule has 9 aliphatic rings. The first-order valence-corrected chi connectivity index (χ1v) is 21.5. The quantitative estimate of drug-likeness (QED) is 0.201. The van der Waals surface area contributed by atoms with Crippen molar-refractivity contribution in [1.29, 1.82) is 0 Å². The third-order valence-electron chi connectivity index (χ3n) is 17.7. The minimum atomic E-state index is -1.46. The summed E-state index contributed by atoms with van der Waals surface area (Å²) >= 11 is 0. The van der Waals surface area contributed by atoms with E-state index in [9.17, 15) is 29.7 Å². The Morgan fingerprint density at radius 3 is 2.41 bits per heavy atom. The molecule has 4 saturated carbocycles. The van der Waals surface area contributed by atoms with Gasteiger partial charge in [0.25, 0.3) is 0 Å². The fraction of sp³-hybridized carbons (Fsp3) is 0.837. The third-order valence-corrected chi connectivity index (χ3v) is 17.7. The van der Waals surface area contributed by atoms with Gasteiger partial charge in [0.1, 0.15) is 30.2 Å². The monoisotopic (exact) mass is 780 g/mol. The maximum Gasteiger partial charge on any atom is 0.339 e. The molecule has 0 amide bonds. The van der Waals surface area contributed by atoms with E-state index in [-0.39, 0.29) is 42.7 Å². The SMILES string of the molecule is CC1(C)O[C@H]2C3(CCCC3)C(=O)OC[C@@]23[C@@H]1C(=O)[C@@H](O)[C@]1(C)[C@@H]3CC[C@@]2(C)[C@H](c3ccoc3C[C@@H](C3CCC([C@H]4CNCN4)CC3)[C@H](O)CO)OC(=O)[C@H]3O[C@@]312. The highest BCUT2D eigenvalue weighted by Gasteiger charge is 2.91. The first kappa shape index (κ1) is 37.9. The number of fused-ring (bicyclic) bond motifs is 2. The molecule has 3 spiro atoms. The van der Waals surface area contributed by atoms with Gasteiger partial charge in [-0.1, -0.05) is 26.7 Å². The molecule has 0 bridgehead atoms. The molecule has 56 heavy (non-hydrogen) atoms. The number of furan rings is 1. The van der Waals surface area contributed by atoms with Crippen LogP contribution in [0.5, 0.6) is 0 Å². The van der Waals surface area contributed by atoms with Crippen LogP contribution in [0.3, 0.4) is 0 Å². The van der Waals surface area contributed by atoms with Crippen LogP contribution in [0.2, 0.25) is 0 Å². The lowest BCUT2D eigenvalue weighted by Crippen LogP contribution is -2.77. The largest absolute Gasteiger partial charge is 0.469 e. The van der Waals surface area contributed by atoms with Crippen LogP contribution in [-0.2, 0) is 39.8 Å². The Morgan fingerprint density at radius 2 is 1.71 bits per heavy atom. The van der Waals surface area contributed by atoms with E-state index in [0.29, 0.717) is 55.4 Å². The zero-order chi connectivity index (χ0) is 39.2. The van der Waals surface area contributed by atoms with Crippen molar-refractivity contribution < 1.29 is 53.1 Å². The van der Waals surface area contributed by atoms with Crippen molar-refractivity contribution in [2.75, 3.05) is 26.4 Å². The number of hydrogen-bond acceptors (Lipinski definition) is 13. The van der Waals surface area contributed by atoms with Crippen LogP contribution in [0.1, 0.15) is 109 Å². The average molecular weight is 781 g/mol. The van der Waals surface area contributed by atoms with Gasteiger partial charge in [0, 0.05) is 47.5 Å². The van der Waals surface area contributed by atoms with Crippen LogP contribution >= 0.6 is 0 Å². The summed E-state index contributed by atoms with van der Waals surface area (Å²) in [7, 11) is 0. The molecule has 13 atom stereocenters. The van der Waals surface area contributed by atoms with Gasteiger partial charge in [0.2, 0.25) is 0 Å². The molecule has 1 aromatic rings. The van der Waals surface area contributed by atoms with Gasteiger partial charge < -0.3 is 49.3 Å². The molecule has 0 radical (unpaired) electrons. The molecular weight excluding hydrogens is 720 g/mol. The van der Waals surface area contributed by atoms with Crippen LogP contribution in [0.25, 0.3) is 0 Å². The molecule has 13 nitrogen and oxygen atoms in total. The van der Waals surface area contributed by atoms with Crippen LogP contribution in [0, 0.1) is 51.2 Å². The molecule has 0 aromatic carbocycles. The minimum absolute atomic E-state index is 0.0207. The van der Waals surface area contributed by atoms with Crippen molar-refractivity contribution in [1.82, 2.24) is 10.6 Å². The Labute approximate surface area is 328 Å². The topological polar surface area (TPSA) is 189 Å². The zero-order valence-electron chi connectivity index (χ0n) is 33.2. The van der Waals surface area contributed by atoms with Crippen molar-refractivity contribution in [3.05, 3.63) is 23.7 Å². The Balaban J connectivity index is 1.00. The predicted octanol–water partition coefficient (Wildman–Crippen LogP) is 3.12. The second-order valence-electron chi connectivity index (χ2n) is 20.3. The number of esters is 2. The molecule has 13 heteroatoms. The second kappa shape index (κ2) is 12.6. The maximum absolute atomic E-state index is 15.0. The van der Waals surface area contributed by atoms with E-state index >= 15 is 0 Å². The number of aliphatic hydroxyl groups is 3. The maximum atomic E-state index is 15.0. The molecule has 5 saturated heterocycles. The van der Waals surface area contributed by atoms with E-state index in [0.717, 1.165) is 51.7 Å². The number of cyclic esters (lactones) is 2. The van der Waals surface area contributed by atoms with Crippen LogP contribution < -0.4 is 10.6 Å². The third kappa shape index (κ3) is 4.60. The van der Waals surface area contributed by atoms with Crippen LogP contribution in [0.15, 0.2) is 16.7 Å². The minimum Gasteiger partial charge on any atom is -0.469 e. The highest BCUT2D eigenvalue weighted by atomic mass is 16.7. The molecule has 1 aromatic heterocycles. The van der Waals surface area contributed by atoms with E-state index in [2.05, 4.69) is 17.6 Å². The Hall–Kier alpha value is -2.39. The molecule has 6 heterocycles. The highest BCUT2D eigenvalue weighted by Crippen LogP contribution is 2.81. The number of carbonyl (C=O) groups excluding carboxylic acids is 3. The van der Waals surface area contributed by atoms with Gasteiger partial charge in [-0.3, -0.25) is 9.59 Å². The van der Waals surface area contributed by atoms with Gasteiger partial charge in [0.05, 0.1) is 42.0 Å². The fourth-order valence-corrected chi connectivity index (χ4v) is 15.3. The van der Waals surface area contributed by atoms with Crippen molar-refractivity contribution in [2.45, 2.75) is 146 Å². The van der Waals surface area contributed by atoms with Crippen molar-refractivity contribution in [3.63, 3.8) is 0 Å². The Bertz CT molecular complexity index is 1780. The predicted molar refractivity (Wildman–Crippen MR) is 197 cm³/mol. The average Bonchev–Trinajstić information content (AvgIpc) is 3.66. The van der Waals surface area contributed by atoms with E-state index in [1.165, 1.54) is 0 Å². The normalized spacial score (nSPS) is 48.2. The number of nitrogens with one attached hydrogen (secondary N) is 2. The lowest BCUT2D eigenvalue weighted by Gasteiger charge is -2.67. The summed E-state index contributed by atoms with van der Waals surface area (Å²) in [5, 5.41) is 41.0. The lowest BCUT2D eigenvalue weighted by atomic mass is 9.35. The van der Waals surface area contributed by atoms with E-state index in [4.69, 9.17) is 23.4 Å². The van der Waals surface area contributed by atoms with E-state index < -0.39 is 75.3 Å². The first-order valence-electron chi connectivity index (χ1n) is 21.5. The summed E-state index contributed by atoms with van der Waals surface area (Å²) in [6, 6.07) is 2.29. The summed E-state index contributed by atoms with van der Waals surface area (Å²) < 4.78 is 32.4. The van der Waals surface area contributed by atoms with Gasteiger partial charge in [-0.05, 0) is 95.0 Å². The standard InChI is InChI=1S/C43H60N2O11/c1-38(2)31-30(48)32(49)40(4)29(42(31)20-53-37(51)41(36(42)56-38)13-5-6-14-41)11-15-39(3)33(54-35(50)34-43(39,40)55-34)24-12-16-52-28(24)17-25(27(47)19-46)22-7-9-23(10-8-22)26-18-44-21-45-26/h12,16,22-23,25-27,29,31-34,36,44-47,49H,5-11,13-15,17-21H2,1-4H3/t22?,23?,25-,26+,27+,29-,31+,32+,33-,34+,36-,39-,40-,42+,43+/m0/s1. The van der Waals surface area contributed by atoms with Gasteiger partial charge in [0.15, 0.2) is 11.9 Å². The van der Waals surface area contributed by atoms with Gasteiger partial charge in [-0.2, -0.15) is 0 Å². The number of rotatable bonds is 7. The van der Waals surface area contributed by atoms with Gasteiger partial charge in [-0.15, -0.1) is 0 Å². The zero-order valence-corrected chi connectivity index (χ0v) is 33.2. The molecule has 5 N–H and O–H groups in total. The Morgan fingerprint density at radius 1 is 0.964 bits per heavy atom. The van der Waals surface area contributed by atoms with E-state index in [1.54, 1.807) is 6.26 Å². The van der Waals surface area contributed by atoms with Crippen molar-refractivity contribution in [2.24, 2.45) is 51.2 Å². The van der Waals surface area contributed by atoms with E-state index in [1.807, 2.05) is 26.8 Å². The number of carbonyl (C=O) groups is 3. The van der Waals surface area contributed by atoms with Crippen LogP contribution in [0.4, 0.5) is 0 Å². The number of ether oxygens (including phenoxy) is 4. The molecule has 0 unspecified atom stereocenters. The number of Topliss-reactive ketones (excluding diaryl/α,β-unsaturated/α-hetero) is 1. The molecule has 4 aliphatic carbocycles. The summed E-state index contributed by atoms with van der Waals surface area (Å²) in [6.07, 6.45) is 5.23. The molecule has 9 fully saturated rings. The van der Waals surface area contributed by atoms with Crippen molar-refractivity contribution >= 4 is 17.7 Å². The summed E-state index contributed by atoms with van der Waals surface area (Å²) in [4.78, 5) is 42.9. The highest BCUT2D eigenvalue weighted by molar-refractivity contribution is 5.92. The smallest absolute Gasteiger partial charge is 0.339 e. The van der Waals surface area contributed by atoms with Gasteiger partial charge >= 0.3 is 11.9 Å². The first-order chi connectivity index (χ1) is 26.7. The number of hydrogen-bond donors (Lipinski definition) is 5. The molecule has 10 rings (SSSR count). The molecule has 308 valence electrons. The molecule has 5 aliphatic heterocycles. The summed E-state index contributed by atoms with van der Waals surface area (Å²) in [6.45, 7) is 9.25. The number of aliphatic hydroxyl groups excluding tert-OH is 3. The molecular formula is C43H60N2O11. The number of epoxide rings is 1. The fourth-order valence-electron chi connectivity index (χ4n) is 15.3. The Kier molecular flexibility index (Phi) is 8.49. The second-order valence-corrected chi connectivity index (χ2v) is 20.3. The number of ketones is 1. The lowest BCUT2D eigenvalue weighted by molar-refractivity contribution is -0.264. The van der Waals surface area contributed by atoms with Crippen molar-refractivity contribution in [3.8, 4) is 0 Å². The summed E-state index contributed by atoms with van der Waals surface area (Å²) in [5.74, 6) is -1.15.